The van der Waals surface area contributed by atoms with Crippen molar-refractivity contribution >= 4 is 5.57 Å². The van der Waals surface area contributed by atoms with Crippen molar-refractivity contribution in [3.05, 3.63) is 65.3 Å². The molecule has 16 heavy (non-hydrogen) atoms. The first-order chi connectivity index (χ1) is 7.56. The van der Waals surface area contributed by atoms with Crippen LogP contribution in [-0.2, 0) is 0 Å². The summed E-state index contributed by atoms with van der Waals surface area (Å²) < 4.78 is 0. The first-order valence-corrected chi connectivity index (χ1v) is 5.62. The van der Waals surface area contributed by atoms with Gasteiger partial charge >= 0.3 is 0 Å². The summed E-state index contributed by atoms with van der Waals surface area (Å²) in [4.78, 5) is 0. The van der Waals surface area contributed by atoms with E-state index in [-0.39, 0.29) is 0 Å². The van der Waals surface area contributed by atoms with Crippen molar-refractivity contribution in [2.24, 2.45) is 0 Å². The Bertz CT molecular complexity index is 445. The van der Waals surface area contributed by atoms with E-state index >= 15 is 0 Å². The topological polar surface area (TPSA) is 0 Å². The third kappa shape index (κ3) is 2.96. The molecule has 84 valence electrons. The minimum atomic E-state index is 1.07. The Kier molecular flexibility index (Phi) is 4.30. The van der Waals surface area contributed by atoms with Crippen LogP contribution in [0.15, 0.2) is 43.0 Å². The Morgan fingerprint density at radius 1 is 1.12 bits per heavy atom. The summed E-state index contributed by atoms with van der Waals surface area (Å²) in [5, 5.41) is 0. The molecule has 0 radical (unpaired) electrons. The normalized spacial score (nSPS) is 11.5. The Morgan fingerprint density at radius 2 is 1.81 bits per heavy atom. The molecule has 0 unspecified atom stereocenters. The van der Waals surface area contributed by atoms with Gasteiger partial charge in [-0.2, -0.15) is 0 Å². The largest absolute Gasteiger partial charge is 0.0911 e. The molecule has 0 aromatic heterocycles. The summed E-state index contributed by atoms with van der Waals surface area (Å²) in [6.45, 7) is 12.6. The van der Waals surface area contributed by atoms with Crippen molar-refractivity contribution in [3.8, 4) is 0 Å². The van der Waals surface area contributed by atoms with Crippen LogP contribution in [0.5, 0.6) is 0 Å². The van der Waals surface area contributed by atoms with Crippen LogP contribution in [0.1, 0.15) is 29.2 Å². The third-order valence-corrected chi connectivity index (χ3v) is 2.76. The summed E-state index contributed by atoms with van der Waals surface area (Å²) in [7, 11) is 0. The van der Waals surface area contributed by atoms with Crippen molar-refractivity contribution < 1.29 is 0 Å². The molecule has 0 bridgehead atoms. The quantitative estimate of drug-likeness (QED) is 0.634. The molecule has 0 amide bonds. The fourth-order valence-corrected chi connectivity index (χ4v) is 1.75. The number of rotatable bonds is 3. The fraction of sp³-hybridized carbons (Fsp3) is 0.250. The Hall–Kier alpha value is -1.56. The average molecular weight is 212 g/mol. The lowest BCUT2D eigenvalue weighted by Crippen LogP contribution is -1.91. The van der Waals surface area contributed by atoms with Crippen LogP contribution in [0.2, 0.25) is 0 Å². The van der Waals surface area contributed by atoms with Crippen LogP contribution in [-0.4, -0.2) is 0 Å². The zero-order chi connectivity index (χ0) is 12.1. The van der Waals surface area contributed by atoms with E-state index in [2.05, 4.69) is 45.6 Å². The van der Waals surface area contributed by atoms with E-state index in [1.807, 2.05) is 25.2 Å². The van der Waals surface area contributed by atoms with Crippen molar-refractivity contribution in [2.45, 2.75) is 27.7 Å². The molecule has 0 saturated carbocycles. The van der Waals surface area contributed by atoms with Crippen LogP contribution in [0, 0.1) is 20.8 Å². The maximum atomic E-state index is 4.12. The predicted molar refractivity (Wildman–Crippen MR) is 73.6 cm³/mol. The molecule has 0 N–H and O–H groups in total. The SMILES string of the molecule is C=C(/C=C\C=C/C)c1cc(C)cc(C)c1C. The minimum Gasteiger partial charge on any atom is -0.0911 e. The number of aryl methyl sites for hydroxylation is 2. The van der Waals surface area contributed by atoms with E-state index in [4.69, 9.17) is 0 Å². The molecule has 0 nitrogen and oxygen atoms in total. The van der Waals surface area contributed by atoms with Gasteiger partial charge in [-0.25, -0.2) is 0 Å². The Morgan fingerprint density at radius 3 is 2.44 bits per heavy atom. The van der Waals surface area contributed by atoms with Gasteiger partial charge in [0.1, 0.15) is 0 Å². The minimum absolute atomic E-state index is 1.07. The van der Waals surface area contributed by atoms with Crippen molar-refractivity contribution in [2.75, 3.05) is 0 Å². The van der Waals surface area contributed by atoms with Crippen LogP contribution in [0.4, 0.5) is 0 Å². The Labute approximate surface area is 99.0 Å². The number of hydrogen-bond acceptors (Lipinski definition) is 0. The van der Waals surface area contributed by atoms with Crippen LogP contribution < -0.4 is 0 Å². The maximum Gasteiger partial charge on any atom is -0.0155 e. The summed E-state index contributed by atoms with van der Waals surface area (Å²) in [5.74, 6) is 0. The first kappa shape index (κ1) is 12.5. The van der Waals surface area contributed by atoms with Gasteiger partial charge in [-0.15, -0.1) is 0 Å². The lowest BCUT2D eigenvalue weighted by molar-refractivity contribution is 1.28. The molecular weight excluding hydrogens is 192 g/mol. The molecule has 1 aromatic rings. The summed E-state index contributed by atoms with van der Waals surface area (Å²) in [5.41, 5.74) is 6.26. The number of benzene rings is 1. The van der Waals surface area contributed by atoms with Gasteiger partial charge in [0.05, 0.1) is 0 Å². The highest BCUT2D eigenvalue weighted by molar-refractivity contribution is 5.75. The molecule has 0 aliphatic rings. The molecule has 1 aromatic carbocycles. The van der Waals surface area contributed by atoms with Gasteiger partial charge in [0.25, 0.3) is 0 Å². The van der Waals surface area contributed by atoms with Gasteiger partial charge in [-0.05, 0) is 50.0 Å². The molecule has 0 saturated heterocycles. The Balaban J connectivity index is 3.08. The van der Waals surface area contributed by atoms with E-state index in [0.717, 1.165) is 5.57 Å². The summed E-state index contributed by atoms with van der Waals surface area (Å²) >= 11 is 0. The van der Waals surface area contributed by atoms with Crippen LogP contribution in [0.3, 0.4) is 0 Å². The van der Waals surface area contributed by atoms with Gasteiger partial charge in [-0.3, -0.25) is 0 Å². The lowest BCUT2D eigenvalue weighted by Gasteiger charge is -2.10. The summed E-state index contributed by atoms with van der Waals surface area (Å²) in [6.07, 6.45) is 8.11. The van der Waals surface area contributed by atoms with E-state index in [0.29, 0.717) is 0 Å². The highest BCUT2D eigenvalue weighted by Gasteiger charge is 2.03. The number of allylic oxidation sites excluding steroid dienone is 5. The third-order valence-electron chi connectivity index (χ3n) is 2.76. The van der Waals surface area contributed by atoms with E-state index in [9.17, 15) is 0 Å². The zero-order valence-electron chi connectivity index (χ0n) is 10.7. The molecule has 1 rings (SSSR count). The molecule has 0 aliphatic carbocycles. The molecule has 0 aliphatic heterocycles. The molecule has 0 heterocycles. The van der Waals surface area contributed by atoms with E-state index < -0.39 is 0 Å². The van der Waals surface area contributed by atoms with E-state index in [1.54, 1.807) is 0 Å². The standard InChI is InChI=1S/C16H20/c1-6-7-8-9-13(3)16-11-12(2)10-14(4)15(16)5/h6-11H,3H2,1-2,4-5H3/b7-6-,9-8-. The average Bonchev–Trinajstić information content (AvgIpc) is 2.23. The predicted octanol–water partition coefficient (Wildman–Crippen LogP) is 4.76. The van der Waals surface area contributed by atoms with Gasteiger partial charge in [-0.1, -0.05) is 48.6 Å². The highest BCUT2D eigenvalue weighted by atomic mass is 14.1. The highest BCUT2D eigenvalue weighted by Crippen LogP contribution is 2.23. The summed E-state index contributed by atoms with van der Waals surface area (Å²) in [6, 6.07) is 4.41. The molecule has 0 heteroatoms. The van der Waals surface area contributed by atoms with Gasteiger partial charge in [0.2, 0.25) is 0 Å². The van der Waals surface area contributed by atoms with Gasteiger partial charge in [0, 0.05) is 0 Å². The van der Waals surface area contributed by atoms with Crippen LogP contribution in [0.25, 0.3) is 5.57 Å². The fourth-order valence-electron chi connectivity index (χ4n) is 1.75. The van der Waals surface area contributed by atoms with Crippen LogP contribution >= 0.6 is 0 Å². The second-order valence-electron chi connectivity index (χ2n) is 4.16. The van der Waals surface area contributed by atoms with Crippen molar-refractivity contribution in [3.63, 3.8) is 0 Å². The monoisotopic (exact) mass is 212 g/mol. The van der Waals surface area contributed by atoms with E-state index in [1.165, 1.54) is 22.3 Å². The zero-order valence-corrected chi connectivity index (χ0v) is 10.7. The molecule has 0 atom stereocenters. The second kappa shape index (κ2) is 5.50. The van der Waals surface area contributed by atoms with Gasteiger partial charge in [0.15, 0.2) is 0 Å². The molecule has 0 spiro atoms. The van der Waals surface area contributed by atoms with Gasteiger partial charge < -0.3 is 0 Å². The molecule has 0 fully saturated rings. The lowest BCUT2D eigenvalue weighted by atomic mass is 9.95. The maximum absolute atomic E-state index is 4.12. The second-order valence-corrected chi connectivity index (χ2v) is 4.16. The molecular formula is C16H20. The van der Waals surface area contributed by atoms with Crippen molar-refractivity contribution in [1.29, 1.82) is 0 Å². The number of hydrogen-bond donors (Lipinski definition) is 0. The van der Waals surface area contributed by atoms with Crippen molar-refractivity contribution in [1.82, 2.24) is 0 Å². The first-order valence-electron chi connectivity index (χ1n) is 5.62. The smallest absolute Gasteiger partial charge is 0.0155 e.